The van der Waals surface area contributed by atoms with Crippen LogP contribution in [0.25, 0.3) is 10.9 Å². The number of amides is 1. The van der Waals surface area contributed by atoms with Crippen molar-refractivity contribution in [3.63, 3.8) is 0 Å². The van der Waals surface area contributed by atoms with Gasteiger partial charge in [-0.05, 0) is 25.0 Å². The number of benzene rings is 1. The van der Waals surface area contributed by atoms with Gasteiger partial charge in [-0.3, -0.25) is 4.79 Å². The predicted molar refractivity (Wildman–Crippen MR) is 90.6 cm³/mol. The molecule has 0 radical (unpaired) electrons. The Morgan fingerprint density at radius 2 is 2.00 bits per heavy atom. The second-order valence-corrected chi connectivity index (χ2v) is 5.85. The Hall–Kier alpha value is -2.14. The monoisotopic (exact) mass is 316 g/mol. The van der Waals surface area contributed by atoms with E-state index < -0.39 is 0 Å². The summed E-state index contributed by atoms with van der Waals surface area (Å²) in [7, 11) is 1.65. The Morgan fingerprint density at radius 3 is 2.65 bits per heavy atom. The molecule has 23 heavy (non-hydrogen) atoms. The number of methoxy groups -OCH3 is 1. The van der Waals surface area contributed by atoms with Gasteiger partial charge in [-0.1, -0.05) is 18.2 Å². The number of H-pyrrole nitrogens is 1. The van der Waals surface area contributed by atoms with Gasteiger partial charge in [0.1, 0.15) is 5.78 Å². The van der Waals surface area contributed by atoms with Gasteiger partial charge in [0.2, 0.25) is 5.91 Å². The first-order valence-corrected chi connectivity index (χ1v) is 7.85. The van der Waals surface area contributed by atoms with Crippen molar-refractivity contribution in [2.75, 3.05) is 20.3 Å². The number of rotatable bonds is 8. The van der Waals surface area contributed by atoms with Crippen molar-refractivity contribution in [1.29, 1.82) is 0 Å². The lowest BCUT2D eigenvalue weighted by molar-refractivity contribution is -0.119. The first-order valence-electron chi connectivity index (χ1n) is 7.85. The molecule has 2 aromatic rings. The average Bonchev–Trinajstić information content (AvgIpc) is 2.85. The van der Waals surface area contributed by atoms with E-state index >= 15 is 0 Å². The maximum absolute atomic E-state index is 11.6. The molecular weight excluding hydrogens is 292 g/mol. The lowest BCUT2D eigenvalue weighted by Gasteiger charge is -2.16. The molecular formula is C18H24N2O3. The number of hydrogen-bond donors (Lipinski definition) is 2. The van der Waals surface area contributed by atoms with Gasteiger partial charge in [-0.25, -0.2) is 0 Å². The minimum absolute atomic E-state index is 0.00257. The molecule has 1 aromatic heterocycles. The summed E-state index contributed by atoms with van der Waals surface area (Å²) in [5.41, 5.74) is 3.23. The molecule has 124 valence electrons. The molecule has 2 rings (SSSR count). The molecule has 0 aliphatic rings. The summed E-state index contributed by atoms with van der Waals surface area (Å²) in [6.07, 6.45) is 1.16. The van der Waals surface area contributed by atoms with E-state index in [-0.39, 0.29) is 17.6 Å². The Labute approximate surface area is 136 Å². The molecule has 0 saturated carbocycles. The zero-order valence-corrected chi connectivity index (χ0v) is 13.9. The molecule has 5 heteroatoms. The SMILES string of the molecule is COCC(CC(C)=O)c1[nH]c2ccccc2c1CCNC(C)=O. The quantitative estimate of drug-likeness (QED) is 0.786. The molecule has 5 nitrogen and oxygen atoms in total. The summed E-state index contributed by atoms with van der Waals surface area (Å²) in [6, 6.07) is 8.07. The largest absolute Gasteiger partial charge is 0.384 e. The maximum Gasteiger partial charge on any atom is 0.216 e. The first-order chi connectivity index (χ1) is 11.0. The number of para-hydroxylation sites is 1. The van der Waals surface area contributed by atoms with E-state index in [0.717, 1.165) is 28.6 Å². The molecule has 0 aliphatic carbocycles. The minimum Gasteiger partial charge on any atom is -0.384 e. The number of aromatic nitrogens is 1. The van der Waals surface area contributed by atoms with Crippen LogP contribution >= 0.6 is 0 Å². The van der Waals surface area contributed by atoms with Gasteiger partial charge in [0, 0.05) is 49.5 Å². The van der Waals surface area contributed by atoms with E-state index in [9.17, 15) is 9.59 Å². The van der Waals surface area contributed by atoms with Gasteiger partial charge >= 0.3 is 0 Å². The molecule has 1 atom stereocenters. The second kappa shape index (κ2) is 7.92. The van der Waals surface area contributed by atoms with Crippen LogP contribution in [0.1, 0.15) is 37.4 Å². The highest BCUT2D eigenvalue weighted by Gasteiger charge is 2.21. The standard InChI is InChI=1S/C18H24N2O3/c1-12(21)10-14(11-23-3)18-16(8-9-19-13(2)22)15-6-4-5-7-17(15)20-18/h4-7,14,20H,8-11H2,1-3H3,(H,19,22). The average molecular weight is 316 g/mol. The fraction of sp³-hybridized carbons (Fsp3) is 0.444. The zero-order valence-electron chi connectivity index (χ0n) is 13.9. The van der Waals surface area contributed by atoms with Crippen LogP contribution < -0.4 is 5.32 Å². The molecule has 1 heterocycles. The summed E-state index contributed by atoms with van der Waals surface area (Å²) in [6.45, 7) is 4.17. The van der Waals surface area contributed by atoms with Gasteiger partial charge in [-0.2, -0.15) is 0 Å². The van der Waals surface area contributed by atoms with Crippen molar-refractivity contribution >= 4 is 22.6 Å². The zero-order chi connectivity index (χ0) is 16.8. The summed E-state index contributed by atoms with van der Waals surface area (Å²) >= 11 is 0. The van der Waals surface area contributed by atoms with E-state index in [1.54, 1.807) is 14.0 Å². The molecule has 2 N–H and O–H groups in total. The Bertz CT molecular complexity index is 691. The topological polar surface area (TPSA) is 71.2 Å². The number of ether oxygens (including phenoxy) is 1. The van der Waals surface area contributed by atoms with Crippen molar-refractivity contribution in [2.45, 2.75) is 32.6 Å². The Kier molecular flexibility index (Phi) is 5.93. The molecule has 1 unspecified atom stereocenters. The Morgan fingerprint density at radius 1 is 1.26 bits per heavy atom. The summed E-state index contributed by atoms with van der Waals surface area (Å²) in [4.78, 5) is 26.2. The molecule has 0 bridgehead atoms. The highest BCUT2D eigenvalue weighted by atomic mass is 16.5. The fourth-order valence-corrected chi connectivity index (χ4v) is 2.99. The van der Waals surface area contributed by atoms with Crippen molar-refractivity contribution < 1.29 is 14.3 Å². The van der Waals surface area contributed by atoms with Gasteiger partial charge in [0.05, 0.1) is 6.61 Å². The number of ketones is 1. The number of carbonyl (C=O) groups is 2. The van der Waals surface area contributed by atoms with Crippen LogP contribution in [-0.2, 0) is 20.7 Å². The molecule has 1 amide bonds. The third kappa shape index (κ3) is 4.42. The normalized spacial score (nSPS) is 12.3. The third-order valence-electron chi connectivity index (χ3n) is 3.91. The van der Waals surface area contributed by atoms with E-state index in [1.165, 1.54) is 6.92 Å². The molecule has 0 aliphatic heterocycles. The van der Waals surface area contributed by atoms with E-state index in [1.807, 2.05) is 18.2 Å². The number of aromatic amines is 1. The summed E-state index contributed by atoms with van der Waals surface area (Å²) < 4.78 is 5.31. The van der Waals surface area contributed by atoms with Crippen LogP contribution in [0.4, 0.5) is 0 Å². The smallest absolute Gasteiger partial charge is 0.216 e. The lowest BCUT2D eigenvalue weighted by Crippen LogP contribution is -2.23. The van der Waals surface area contributed by atoms with Crippen molar-refractivity contribution in [3.8, 4) is 0 Å². The van der Waals surface area contributed by atoms with Crippen LogP contribution in [0.2, 0.25) is 0 Å². The van der Waals surface area contributed by atoms with E-state index in [0.29, 0.717) is 19.6 Å². The van der Waals surface area contributed by atoms with Gasteiger partial charge in [-0.15, -0.1) is 0 Å². The maximum atomic E-state index is 11.6. The minimum atomic E-state index is -0.0384. The van der Waals surface area contributed by atoms with Gasteiger partial charge in [0.15, 0.2) is 0 Å². The van der Waals surface area contributed by atoms with Crippen molar-refractivity contribution in [3.05, 3.63) is 35.5 Å². The van der Waals surface area contributed by atoms with Crippen LogP contribution in [0.15, 0.2) is 24.3 Å². The molecule has 0 saturated heterocycles. The number of hydrogen-bond acceptors (Lipinski definition) is 3. The predicted octanol–water partition coefficient (Wildman–Crippen LogP) is 2.56. The molecule has 0 fully saturated rings. The van der Waals surface area contributed by atoms with Crippen molar-refractivity contribution in [1.82, 2.24) is 10.3 Å². The number of Topliss-reactive ketones (excluding diaryl/α,β-unsaturated/α-hetero) is 1. The summed E-state index contributed by atoms with van der Waals surface area (Å²) in [5.74, 6) is 0.0966. The Balaban J connectivity index is 2.38. The number of nitrogens with one attached hydrogen (secondary N) is 2. The number of fused-ring (bicyclic) bond motifs is 1. The van der Waals surface area contributed by atoms with Gasteiger partial charge < -0.3 is 19.8 Å². The highest BCUT2D eigenvalue weighted by molar-refractivity contribution is 5.85. The first kappa shape index (κ1) is 17.2. The van der Waals surface area contributed by atoms with Crippen LogP contribution in [-0.4, -0.2) is 36.9 Å². The highest BCUT2D eigenvalue weighted by Crippen LogP contribution is 2.30. The third-order valence-corrected chi connectivity index (χ3v) is 3.91. The van der Waals surface area contributed by atoms with Gasteiger partial charge in [0.25, 0.3) is 0 Å². The number of carbonyl (C=O) groups excluding carboxylic acids is 2. The lowest BCUT2D eigenvalue weighted by atomic mass is 9.94. The van der Waals surface area contributed by atoms with Crippen molar-refractivity contribution in [2.24, 2.45) is 0 Å². The van der Waals surface area contributed by atoms with Crippen LogP contribution in [0.5, 0.6) is 0 Å². The van der Waals surface area contributed by atoms with E-state index in [4.69, 9.17) is 4.74 Å². The molecule has 0 spiro atoms. The second-order valence-electron chi connectivity index (χ2n) is 5.85. The van der Waals surface area contributed by atoms with Crippen LogP contribution in [0, 0.1) is 0 Å². The van der Waals surface area contributed by atoms with E-state index in [2.05, 4.69) is 16.4 Å². The fourth-order valence-electron chi connectivity index (χ4n) is 2.99. The molecule has 1 aromatic carbocycles. The van der Waals surface area contributed by atoms with Crippen LogP contribution in [0.3, 0.4) is 0 Å². The summed E-state index contributed by atoms with van der Waals surface area (Å²) in [5, 5.41) is 3.97.